The molecule has 0 aliphatic rings. The maximum atomic E-state index is 12.4. The predicted octanol–water partition coefficient (Wildman–Crippen LogP) is 16.8. The number of hydrogen-bond donors (Lipinski definition) is 3. The average molecular weight is 834 g/mol. The highest BCUT2D eigenvalue weighted by Gasteiger charge is 2.18. The van der Waals surface area contributed by atoms with Crippen molar-refractivity contribution in [1.82, 2.24) is 5.32 Å². The molecule has 0 spiro atoms. The van der Waals surface area contributed by atoms with E-state index in [1.165, 1.54) is 161 Å². The number of carbonyl (C=O) groups is 1. The van der Waals surface area contributed by atoms with E-state index in [0.29, 0.717) is 6.42 Å². The molecule has 2 unspecified atom stereocenters. The molecule has 0 aromatic rings. The average Bonchev–Trinajstić information content (AvgIpc) is 3.25. The maximum absolute atomic E-state index is 12.4. The molecule has 0 saturated carbocycles. The van der Waals surface area contributed by atoms with Crippen molar-refractivity contribution < 1.29 is 15.0 Å². The summed E-state index contributed by atoms with van der Waals surface area (Å²) in [6.45, 7) is 4.20. The molecule has 0 aromatic carbocycles. The molecule has 0 aliphatic carbocycles. The smallest absolute Gasteiger partial charge is 0.220 e. The second kappa shape index (κ2) is 50.9. The van der Waals surface area contributed by atoms with Crippen LogP contribution in [0.15, 0.2) is 85.1 Å². The molecular formula is C56H99NO3. The number of hydrogen-bond acceptors (Lipinski definition) is 3. The van der Waals surface area contributed by atoms with Gasteiger partial charge in [-0.05, 0) is 70.6 Å². The van der Waals surface area contributed by atoms with E-state index in [4.69, 9.17) is 0 Å². The van der Waals surface area contributed by atoms with Gasteiger partial charge >= 0.3 is 0 Å². The first-order chi connectivity index (χ1) is 29.7. The van der Waals surface area contributed by atoms with E-state index in [1.54, 1.807) is 6.08 Å². The van der Waals surface area contributed by atoms with E-state index < -0.39 is 12.1 Å². The van der Waals surface area contributed by atoms with Crippen LogP contribution in [0, 0.1) is 0 Å². The normalized spacial score (nSPS) is 13.6. The van der Waals surface area contributed by atoms with Crippen LogP contribution < -0.4 is 5.32 Å². The molecule has 0 fully saturated rings. The van der Waals surface area contributed by atoms with Crippen LogP contribution in [0.1, 0.15) is 245 Å². The van der Waals surface area contributed by atoms with Crippen molar-refractivity contribution in [2.45, 2.75) is 257 Å². The van der Waals surface area contributed by atoms with Gasteiger partial charge in [-0.2, -0.15) is 0 Å². The minimum atomic E-state index is -0.844. The van der Waals surface area contributed by atoms with Crippen molar-refractivity contribution >= 4 is 5.91 Å². The second-order valence-corrected chi connectivity index (χ2v) is 17.2. The summed E-state index contributed by atoms with van der Waals surface area (Å²) in [5.41, 5.74) is 0. The molecule has 0 aromatic heterocycles. The van der Waals surface area contributed by atoms with Gasteiger partial charge in [-0.3, -0.25) is 4.79 Å². The van der Waals surface area contributed by atoms with E-state index in [2.05, 4.69) is 92.1 Å². The van der Waals surface area contributed by atoms with Crippen LogP contribution in [-0.4, -0.2) is 34.9 Å². The van der Waals surface area contributed by atoms with Crippen LogP contribution in [0.25, 0.3) is 0 Å². The molecule has 0 rings (SSSR count). The molecule has 4 heteroatoms. The van der Waals surface area contributed by atoms with Crippen molar-refractivity contribution in [3.8, 4) is 0 Å². The number of aliphatic hydroxyl groups is 2. The first-order valence-electron chi connectivity index (χ1n) is 25.8. The van der Waals surface area contributed by atoms with Gasteiger partial charge in [-0.1, -0.05) is 253 Å². The number of aliphatic hydroxyl groups excluding tert-OH is 2. The van der Waals surface area contributed by atoms with Crippen LogP contribution in [0.4, 0.5) is 0 Å². The van der Waals surface area contributed by atoms with Crippen molar-refractivity contribution in [1.29, 1.82) is 0 Å². The maximum Gasteiger partial charge on any atom is 0.220 e. The largest absolute Gasteiger partial charge is 0.394 e. The molecular weight excluding hydrogens is 735 g/mol. The Labute approximate surface area is 373 Å². The monoisotopic (exact) mass is 834 g/mol. The van der Waals surface area contributed by atoms with E-state index in [-0.39, 0.29) is 12.5 Å². The first-order valence-corrected chi connectivity index (χ1v) is 25.8. The second-order valence-electron chi connectivity index (χ2n) is 17.2. The molecule has 1 amide bonds. The fourth-order valence-electron chi connectivity index (χ4n) is 7.48. The predicted molar refractivity (Wildman–Crippen MR) is 267 cm³/mol. The number of rotatable bonds is 46. The number of carbonyl (C=O) groups excluding carboxylic acids is 1. The zero-order valence-corrected chi connectivity index (χ0v) is 39.7. The fourth-order valence-corrected chi connectivity index (χ4v) is 7.48. The Morgan fingerprint density at radius 2 is 0.733 bits per heavy atom. The Bertz CT molecular complexity index is 1080. The standard InChI is InChI=1S/C56H99NO3/c1-3-5-7-9-11-13-15-17-19-21-22-23-24-25-26-27-28-29-30-31-32-33-34-36-38-40-42-44-46-48-50-52-56(60)57-54(53-58)55(59)51-49-47-45-43-41-39-37-35-20-18-16-14-12-10-8-6-4-2/h5,7,11,13,17,19,22-23,25-26,28-29,49,51,54-55,58-59H,3-4,6,8-10,12,14-16,18,20-21,24,27,30-48,50,52-53H2,1-2H3,(H,57,60)/b7-5-,13-11-,19-17-,23-22-,26-25-,29-28-,51-49+. The van der Waals surface area contributed by atoms with Crippen molar-refractivity contribution in [2.24, 2.45) is 0 Å². The van der Waals surface area contributed by atoms with Crippen LogP contribution in [0.3, 0.4) is 0 Å². The van der Waals surface area contributed by atoms with Gasteiger partial charge in [0.05, 0.1) is 18.8 Å². The van der Waals surface area contributed by atoms with Gasteiger partial charge < -0.3 is 15.5 Å². The summed E-state index contributed by atoms with van der Waals surface area (Å²) in [6, 6.07) is -0.627. The number of unbranched alkanes of at least 4 members (excludes halogenated alkanes) is 27. The summed E-state index contributed by atoms with van der Waals surface area (Å²) in [5, 5.41) is 23.1. The molecule has 3 N–H and O–H groups in total. The lowest BCUT2D eigenvalue weighted by atomic mass is 10.0. The van der Waals surface area contributed by atoms with Gasteiger partial charge in [0, 0.05) is 6.42 Å². The van der Waals surface area contributed by atoms with Gasteiger partial charge in [0.25, 0.3) is 0 Å². The zero-order chi connectivity index (χ0) is 43.5. The van der Waals surface area contributed by atoms with Crippen molar-refractivity contribution in [3.05, 3.63) is 85.1 Å². The van der Waals surface area contributed by atoms with Gasteiger partial charge in [0.2, 0.25) is 5.91 Å². The summed E-state index contributed by atoms with van der Waals surface area (Å²) < 4.78 is 0. The number of allylic oxidation sites excluding steroid dienone is 13. The van der Waals surface area contributed by atoms with Crippen LogP contribution in [0.2, 0.25) is 0 Å². The van der Waals surface area contributed by atoms with E-state index in [0.717, 1.165) is 64.2 Å². The van der Waals surface area contributed by atoms with Crippen LogP contribution in [0.5, 0.6) is 0 Å². The minimum Gasteiger partial charge on any atom is -0.394 e. The van der Waals surface area contributed by atoms with E-state index >= 15 is 0 Å². The summed E-state index contributed by atoms with van der Waals surface area (Å²) in [5.74, 6) is -0.0683. The SMILES string of the molecule is CC/C=C\C/C=C\C/C=C\C/C=C\C/C=C\C/C=C\CCCCCCCCCCCCCCC(=O)NC(CO)C(O)/C=C/CCCCCCCCCCCCCCCCC. The summed E-state index contributed by atoms with van der Waals surface area (Å²) in [6.07, 6.45) is 74.3. The lowest BCUT2D eigenvalue weighted by Crippen LogP contribution is -2.45. The highest BCUT2D eigenvalue weighted by Crippen LogP contribution is 2.15. The third-order valence-electron chi connectivity index (χ3n) is 11.4. The molecule has 0 heterocycles. The fraction of sp³-hybridized carbons (Fsp3) is 0.732. The lowest BCUT2D eigenvalue weighted by molar-refractivity contribution is -0.123. The lowest BCUT2D eigenvalue weighted by Gasteiger charge is -2.20. The molecule has 346 valence electrons. The van der Waals surface area contributed by atoms with Crippen molar-refractivity contribution in [2.75, 3.05) is 6.61 Å². The Hall–Kier alpha value is -2.43. The van der Waals surface area contributed by atoms with Gasteiger partial charge in [0.15, 0.2) is 0 Å². The Kier molecular flexibility index (Phi) is 48.9. The summed E-state index contributed by atoms with van der Waals surface area (Å²) in [7, 11) is 0. The molecule has 4 nitrogen and oxygen atoms in total. The quantitative estimate of drug-likeness (QED) is 0.0423. The molecule has 60 heavy (non-hydrogen) atoms. The Balaban J connectivity index is 3.56. The van der Waals surface area contributed by atoms with Gasteiger partial charge in [-0.15, -0.1) is 0 Å². The molecule has 0 aliphatic heterocycles. The van der Waals surface area contributed by atoms with Crippen LogP contribution in [-0.2, 0) is 4.79 Å². The molecule has 2 atom stereocenters. The highest BCUT2D eigenvalue weighted by atomic mass is 16.3. The van der Waals surface area contributed by atoms with Crippen molar-refractivity contribution in [3.63, 3.8) is 0 Å². The molecule has 0 saturated heterocycles. The molecule has 0 radical (unpaired) electrons. The first kappa shape index (κ1) is 57.6. The Morgan fingerprint density at radius 3 is 1.10 bits per heavy atom. The topological polar surface area (TPSA) is 69.6 Å². The van der Waals surface area contributed by atoms with Gasteiger partial charge in [0.1, 0.15) is 0 Å². The zero-order valence-electron chi connectivity index (χ0n) is 39.7. The minimum absolute atomic E-state index is 0.0683. The molecule has 0 bridgehead atoms. The number of amides is 1. The van der Waals surface area contributed by atoms with Crippen LogP contribution >= 0.6 is 0 Å². The van der Waals surface area contributed by atoms with Gasteiger partial charge in [-0.25, -0.2) is 0 Å². The third-order valence-corrected chi connectivity index (χ3v) is 11.4. The third kappa shape index (κ3) is 46.6. The highest BCUT2D eigenvalue weighted by molar-refractivity contribution is 5.76. The van der Waals surface area contributed by atoms with E-state index in [1.807, 2.05) is 6.08 Å². The van der Waals surface area contributed by atoms with E-state index in [9.17, 15) is 15.0 Å². The Morgan fingerprint density at radius 1 is 0.417 bits per heavy atom. The summed E-state index contributed by atoms with van der Waals surface area (Å²) in [4.78, 5) is 12.4. The summed E-state index contributed by atoms with van der Waals surface area (Å²) >= 11 is 0. The number of nitrogens with one attached hydrogen (secondary N) is 1.